The average Bonchev–Trinajstić information content (AvgIpc) is 3.31. The summed E-state index contributed by atoms with van der Waals surface area (Å²) in [6, 6.07) is 6.10. The molecule has 2 heterocycles. The van der Waals surface area contributed by atoms with Crippen LogP contribution in [0.25, 0.3) is 11.0 Å². The number of anilines is 1. The van der Waals surface area contributed by atoms with E-state index in [2.05, 4.69) is 20.3 Å². The van der Waals surface area contributed by atoms with Gasteiger partial charge in [0.1, 0.15) is 0 Å². The summed E-state index contributed by atoms with van der Waals surface area (Å²) in [5.74, 6) is 2.18. The Kier molecular flexibility index (Phi) is 8.15. The molecule has 2 aromatic rings. The fourth-order valence-corrected chi connectivity index (χ4v) is 6.31. The van der Waals surface area contributed by atoms with Gasteiger partial charge in [0.2, 0.25) is 5.91 Å². The zero-order valence-electron chi connectivity index (χ0n) is 20.9. The Balaban J connectivity index is 0.995. The zero-order chi connectivity index (χ0) is 24.2. The first-order valence-corrected chi connectivity index (χ1v) is 13.8. The molecule has 35 heavy (non-hydrogen) atoms. The number of halogens is 1. The van der Waals surface area contributed by atoms with Gasteiger partial charge in [0.15, 0.2) is 11.4 Å². The lowest BCUT2D eigenvalue weighted by Gasteiger charge is -2.36. The predicted molar refractivity (Wildman–Crippen MR) is 139 cm³/mol. The second kappa shape index (κ2) is 11.5. The van der Waals surface area contributed by atoms with Gasteiger partial charge >= 0.3 is 0 Å². The Hall–Kier alpha value is -1.83. The number of ether oxygens (including phenoxy) is 1. The van der Waals surface area contributed by atoms with Crippen molar-refractivity contribution in [1.82, 2.24) is 15.4 Å². The maximum Gasteiger partial charge on any atom is 0.223 e. The van der Waals surface area contributed by atoms with Gasteiger partial charge in [-0.2, -0.15) is 0 Å². The Labute approximate surface area is 213 Å². The van der Waals surface area contributed by atoms with Crippen LogP contribution in [0, 0.1) is 11.8 Å². The molecule has 3 fully saturated rings. The van der Waals surface area contributed by atoms with Gasteiger partial charge in [-0.05, 0) is 82.4 Å². The molecule has 0 bridgehead atoms. The van der Waals surface area contributed by atoms with Gasteiger partial charge in [0.05, 0.1) is 11.5 Å². The van der Waals surface area contributed by atoms with E-state index in [1.807, 2.05) is 18.2 Å². The summed E-state index contributed by atoms with van der Waals surface area (Å²) in [6.45, 7) is 5.20. The van der Waals surface area contributed by atoms with Crippen LogP contribution in [0.5, 0.6) is 0 Å². The van der Waals surface area contributed by atoms with E-state index >= 15 is 0 Å². The highest BCUT2D eigenvalue weighted by atomic mass is 35.5. The van der Waals surface area contributed by atoms with Crippen LogP contribution in [0.15, 0.2) is 22.7 Å². The third kappa shape index (κ3) is 6.12. The summed E-state index contributed by atoms with van der Waals surface area (Å²) in [5, 5.41) is 9.38. The Bertz CT molecular complexity index is 974. The molecule has 1 aromatic carbocycles. The van der Waals surface area contributed by atoms with Crippen molar-refractivity contribution in [3.63, 3.8) is 0 Å². The third-order valence-electron chi connectivity index (χ3n) is 8.51. The lowest BCUT2D eigenvalue weighted by Crippen LogP contribution is -2.47. The number of carbonyl (C=O) groups is 1. The minimum atomic E-state index is 0.186. The summed E-state index contributed by atoms with van der Waals surface area (Å²) in [6.07, 6.45) is 10.3. The van der Waals surface area contributed by atoms with E-state index in [4.69, 9.17) is 20.9 Å². The van der Waals surface area contributed by atoms with Gasteiger partial charge in [-0.15, -0.1) is 0 Å². The molecule has 0 spiro atoms. The van der Waals surface area contributed by atoms with Crippen molar-refractivity contribution in [1.29, 1.82) is 0 Å². The van der Waals surface area contributed by atoms with E-state index in [-0.39, 0.29) is 11.8 Å². The van der Waals surface area contributed by atoms with Crippen LogP contribution in [0.4, 0.5) is 5.82 Å². The molecule has 5 rings (SSSR count). The summed E-state index contributed by atoms with van der Waals surface area (Å²) in [7, 11) is 1.78. The number of aromatic nitrogens is 1. The number of hydrogen-bond acceptors (Lipinski definition) is 6. The predicted octanol–water partition coefficient (Wildman–Crippen LogP) is 4.87. The zero-order valence-corrected chi connectivity index (χ0v) is 21.6. The molecule has 1 saturated heterocycles. The van der Waals surface area contributed by atoms with Crippen molar-refractivity contribution in [2.45, 2.75) is 69.9 Å². The van der Waals surface area contributed by atoms with Gasteiger partial charge in [-0.3, -0.25) is 9.69 Å². The number of amides is 1. The van der Waals surface area contributed by atoms with Gasteiger partial charge in [-0.25, -0.2) is 0 Å². The van der Waals surface area contributed by atoms with Crippen LogP contribution in [-0.2, 0) is 9.53 Å². The Morgan fingerprint density at radius 2 is 1.83 bits per heavy atom. The van der Waals surface area contributed by atoms with Crippen LogP contribution in [-0.4, -0.2) is 67.9 Å². The van der Waals surface area contributed by atoms with Crippen LogP contribution >= 0.6 is 11.6 Å². The molecule has 1 aromatic heterocycles. The van der Waals surface area contributed by atoms with Crippen molar-refractivity contribution in [3.8, 4) is 0 Å². The van der Waals surface area contributed by atoms with E-state index in [9.17, 15) is 4.79 Å². The topological polar surface area (TPSA) is 70.8 Å². The second-order valence-corrected chi connectivity index (χ2v) is 11.1. The number of methoxy groups -OCH3 is 1. The van der Waals surface area contributed by atoms with Crippen molar-refractivity contribution in [2.24, 2.45) is 11.8 Å². The molecule has 3 aliphatic rings. The molecule has 2 saturated carbocycles. The van der Waals surface area contributed by atoms with Crippen LogP contribution in [0.2, 0.25) is 5.02 Å². The number of carbonyl (C=O) groups excluding carboxylic acids is 1. The minimum Gasteiger partial charge on any atom is -0.381 e. The fraction of sp³-hybridized carbons (Fsp3) is 0.704. The highest BCUT2D eigenvalue weighted by Gasteiger charge is 2.29. The highest BCUT2D eigenvalue weighted by Crippen LogP contribution is 2.31. The first-order chi connectivity index (χ1) is 17.1. The number of hydrogen-bond donors (Lipinski definition) is 1. The largest absolute Gasteiger partial charge is 0.381 e. The highest BCUT2D eigenvalue weighted by molar-refractivity contribution is 6.31. The van der Waals surface area contributed by atoms with Crippen molar-refractivity contribution in [3.05, 3.63) is 23.2 Å². The lowest BCUT2D eigenvalue weighted by molar-refractivity contribution is -0.127. The summed E-state index contributed by atoms with van der Waals surface area (Å²) >= 11 is 6.07. The SMILES string of the molecule is CO[C@H]1CC[C@H](C(=O)N[C@H]2CC[C@H](CCN3CCN(c4noc5cc(Cl)ccc45)CC3)CC2)CC1. The van der Waals surface area contributed by atoms with E-state index in [0.29, 0.717) is 17.2 Å². The Morgan fingerprint density at radius 1 is 1.09 bits per heavy atom. The number of benzene rings is 1. The molecular formula is C27H39ClN4O3. The molecule has 0 unspecified atom stereocenters. The van der Waals surface area contributed by atoms with Crippen LogP contribution in [0.3, 0.4) is 0 Å². The quantitative estimate of drug-likeness (QED) is 0.582. The molecule has 7 nitrogen and oxygen atoms in total. The lowest BCUT2D eigenvalue weighted by atomic mass is 9.83. The standard InChI is InChI=1S/C27H39ClN4O3/c1-34-23-9-4-20(5-10-23)27(33)29-22-7-2-19(3-8-22)12-13-31-14-16-32(17-15-31)26-24-11-6-21(28)18-25(24)35-30-26/h6,11,18-20,22-23H,2-5,7-10,12-17H2,1H3,(H,29,33)/t19-,20-,22-,23-. The molecule has 0 radical (unpaired) electrons. The minimum absolute atomic E-state index is 0.186. The molecular weight excluding hydrogens is 464 g/mol. The van der Waals surface area contributed by atoms with Crippen LogP contribution < -0.4 is 10.2 Å². The van der Waals surface area contributed by atoms with Crippen LogP contribution in [0.1, 0.15) is 57.8 Å². The molecule has 1 amide bonds. The number of rotatable bonds is 7. The summed E-state index contributed by atoms with van der Waals surface area (Å²) < 4.78 is 10.9. The molecule has 1 N–H and O–H groups in total. The summed E-state index contributed by atoms with van der Waals surface area (Å²) in [5.41, 5.74) is 0.750. The molecule has 0 atom stereocenters. The van der Waals surface area contributed by atoms with Gasteiger partial charge in [-0.1, -0.05) is 16.8 Å². The average molecular weight is 503 g/mol. The van der Waals surface area contributed by atoms with Gasteiger partial charge in [0.25, 0.3) is 0 Å². The maximum absolute atomic E-state index is 12.7. The van der Waals surface area contributed by atoms with Crippen molar-refractivity contribution < 1.29 is 14.1 Å². The van der Waals surface area contributed by atoms with Crippen molar-refractivity contribution >= 4 is 34.3 Å². The molecule has 192 valence electrons. The monoisotopic (exact) mass is 502 g/mol. The third-order valence-corrected chi connectivity index (χ3v) is 8.75. The van der Waals surface area contributed by atoms with E-state index in [0.717, 1.165) is 94.0 Å². The number of piperazine rings is 1. The van der Waals surface area contributed by atoms with E-state index in [1.54, 1.807) is 7.11 Å². The van der Waals surface area contributed by atoms with Crippen molar-refractivity contribution in [2.75, 3.05) is 44.7 Å². The number of nitrogens with zero attached hydrogens (tertiary/aromatic N) is 3. The van der Waals surface area contributed by atoms with E-state index in [1.165, 1.54) is 19.3 Å². The Morgan fingerprint density at radius 3 is 2.54 bits per heavy atom. The maximum atomic E-state index is 12.7. The first-order valence-electron chi connectivity index (χ1n) is 13.4. The second-order valence-electron chi connectivity index (χ2n) is 10.7. The fourth-order valence-electron chi connectivity index (χ4n) is 6.15. The summed E-state index contributed by atoms with van der Waals surface area (Å²) in [4.78, 5) is 17.6. The van der Waals surface area contributed by atoms with E-state index < -0.39 is 0 Å². The number of nitrogens with one attached hydrogen (secondary N) is 1. The molecule has 2 aliphatic carbocycles. The molecule has 1 aliphatic heterocycles. The molecule has 8 heteroatoms. The smallest absolute Gasteiger partial charge is 0.223 e. The van der Waals surface area contributed by atoms with Gasteiger partial charge in [0, 0.05) is 56.3 Å². The van der Waals surface area contributed by atoms with Gasteiger partial charge < -0.3 is 19.5 Å². The number of fused-ring (bicyclic) bond motifs is 1. The normalized spacial score (nSPS) is 28.3. The first kappa shape index (κ1) is 24.8.